The van der Waals surface area contributed by atoms with Crippen LogP contribution in [0.15, 0.2) is 24.3 Å². The highest BCUT2D eigenvalue weighted by Gasteiger charge is 2.37. The van der Waals surface area contributed by atoms with Crippen LogP contribution in [0.4, 0.5) is 0 Å². The summed E-state index contributed by atoms with van der Waals surface area (Å²) in [5, 5.41) is 3.57. The molecule has 0 aromatic heterocycles. The van der Waals surface area contributed by atoms with Gasteiger partial charge in [0.15, 0.2) is 0 Å². The smallest absolute Gasteiger partial charge is 0.242 e. The molecule has 1 heterocycles. The van der Waals surface area contributed by atoms with Gasteiger partial charge in [0.1, 0.15) is 18.4 Å². The number of hydrogen-bond acceptors (Lipinski definition) is 3. The Bertz CT molecular complexity index is 614. The van der Waals surface area contributed by atoms with E-state index >= 15 is 0 Å². The molecule has 1 saturated carbocycles. The summed E-state index contributed by atoms with van der Waals surface area (Å²) in [5.74, 6) is 0.954. The van der Waals surface area contributed by atoms with E-state index in [1.165, 1.54) is 6.42 Å². The number of amides is 2. The predicted molar refractivity (Wildman–Crippen MR) is 101 cm³/mol. The van der Waals surface area contributed by atoms with Crippen LogP contribution < -0.4 is 10.1 Å². The summed E-state index contributed by atoms with van der Waals surface area (Å²) in [6.07, 6.45) is 7.07. The third-order valence-corrected chi connectivity index (χ3v) is 5.53. The van der Waals surface area contributed by atoms with Gasteiger partial charge in [-0.15, -0.1) is 0 Å². The zero-order chi connectivity index (χ0) is 18.4. The van der Waals surface area contributed by atoms with Crippen LogP contribution in [0, 0.1) is 5.92 Å². The fourth-order valence-corrected chi connectivity index (χ4v) is 4.00. The summed E-state index contributed by atoms with van der Waals surface area (Å²) in [4.78, 5) is 27.1. The van der Waals surface area contributed by atoms with E-state index < -0.39 is 0 Å². The van der Waals surface area contributed by atoms with E-state index in [4.69, 9.17) is 16.3 Å². The number of ether oxygens (including phenoxy) is 1. The molecule has 1 aromatic rings. The lowest BCUT2D eigenvalue weighted by Gasteiger charge is -2.30. The van der Waals surface area contributed by atoms with Gasteiger partial charge in [0.25, 0.3) is 0 Å². The lowest BCUT2D eigenvalue weighted by atomic mass is 9.88. The molecule has 1 atom stereocenters. The number of benzene rings is 1. The topological polar surface area (TPSA) is 58.6 Å². The Labute approximate surface area is 160 Å². The Balaban J connectivity index is 1.44. The lowest BCUT2D eigenvalue weighted by molar-refractivity contribution is -0.142. The maximum absolute atomic E-state index is 12.8. The van der Waals surface area contributed by atoms with E-state index in [0.717, 1.165) is 44.3 Å². The molecule has 0 spiro atoms. The minimum atomic E-state index is -0.319. The summed E-state index contributed by atoms with van der Waals surface area (Å²) >= 11 is 5.84. The summed E-state index contributed by atoms with van der Waals surface area (Å²) < 4.78 is 5.59. The second-order valence-electron chi connectivity index (χ2n) is 7.12. The number of rotatable bonds is 6. The van der Waals surface area contributed by atoms with Gasteiger partial charge in [0, 0.05) is 17.5 Å². The summed E-state index contributed by atoms with van der Waals surface area (Å²) in [6, 6.07) is 6.81. The molecule has 3 rings (SSSR count). The van der Waals surface area contributed by atoms with Crippen LogP contribution in [0.3, 0.4) is 0 Å². The zero-order valence-corrected chi connectivity index (χ0v) is 15.8. The molecule has 2 fully saturated rings. The monoisotopic (exact) mass is 378 g/mol. The first-order valence-electron chi connectivity index (χ1n) is 9.62. The zero-order valence-electron chi connectivity index (χ0n) is 15.1. The number of hydrogen-bond donors (Lipinski definition) is 1. The van der Waals surface area contributed by atoms with Crippen molar-refractivity contribution in [3.63, 3.8) is 0 Å². The molecule has 26 heavy (non-hydrogen) atoms. The molecule has 142 valence electrons. The standard InChI is InChI=1S/C20H27ClN2O3/c21-16-8-10-17(11-9-16)26-14-12-22-19(24)18-7-4-13-23(18)20(25)15-5-2-1-3-6-15/h8-11,15,18H,1-7,12-14H2,(H,22,24). The van der Waals surface area contributed by atoms with E-state index in [1.807, 2.05) is 4.90 Å². The quantitative estimate of drug-likeness (QED) is 0.772. The second-order valence-corrected chi connectivity index (χ2v) is 7.55. The third kappa shape index (κ3) is 4.91. The van der Waals surface area contributed by atoms with Crippen molar-refractivity contribution in [2.75, 3.05) is 19.7 Å². The number of nitrogens with one attached hydrogen (secondary N) is 1. The summed E-state index contributed by atoms with van der Waals surface area (Å²) in [6.45, 7) is 1.51. The molecule has 1 aromatic carbocycles. The number of likely N-dealkylation sites (tertiary alicyclic amines) is 1. The van der Waals surface area contributed by atoms with Gasteiger partial charge in [-0.2, -0.15) is 0 Å². The van der Waals surface area contributed by atoms with Crippen molar-refractivity contribution in [1.29, 1.82) is 0 Å². The second kappa shape index (κ2) is 9.26. The maximum Gasteiger partial charge on any atom is 0.242 e. The molecule has 5 nitrogen and oxygen atoms in total. The van der Waals surface area contributed by atoms with Gasteiger partial charge < -0.3 is 15.0 Å². The van der Waals surface area contributed by atoms with Gasteiger partial charge in [-0.25, -0.2) is 0 Å². The lowest BCUT2D eigenvalue weighted by Crippen LogP contribution is -2.48. The van der Waals surface area contributed by atoms with E-state index in [1.54, 1.807) is 24.3 Å². The van der Waals surface area contributed by atoms with Crippen molar-refractivity contribution >= 4 is 23.4 Å². The molecular weight excluding hydrogens is 352 g/mol. The molecule has 0 radical (unpaired) electrons. The van der Waals surface area contributed by atoms with Gasteiger partial charge in [-0.1, -0.05) is 30.9 Å². The van der Waals surface area contributed by atoms with E-state index in [2.05, 4.69) is 5.32 Å². The third-order valence-electron chi connectivity index (χ3n) is 5.28. The first kappa shape index (κ1) is 19.0. The van der Waals surface area contributed by atoms with Gasteiger partial charge in [-0.05, 0) is 49.9 Å². The number of halogens is 1. The molecule has 2 amide bonds. The molecule has 1 aliphatic carbocycles. The van der Waals surface area contributed by atoms with Gasteiger partial charge >= 0.3 is 0 Å². The first-order valence-corrected chi connectivity index (χ1v) is 9.99. The maximum atomic E-state index is 12.8. The molecule has 1 aliphatic heterocycles. The van der Waals surface area contributed by atoms with E-state index in [-0.39, 0.29) is 23.8 Å². The fraction of sp³-hybridized carbons (Fsp3) is 0.600. The molecule has 0 bridgehead atoms. The van der Waals surface area contributed by atoms with Crippen molar-refractivity contribution < 1.29 is 14.3 Å². The first-order chi connectivity index (χ1) is 12.6. The Morgan fingerprint density at radius 2 is 1.81 bits per heavy atom. The van der Waals surface area contributed by atoms with Crippen molar-refractivity contribution in [1.82, 2.24) is 10.2 Å². The van der Waals surface area contributed by atoms with Crippen molar-refractivity contribution in [3.05, 3.63) is 29.3 Å². The Morgan fingerprint density at radius 1 is 1.08 bits per heavy atom. The molecule has 1 saturated heterocycles. The Kier molecular flexibility index (Phi) is 6.78. The van der Waals surface area contributed by atoms with Crippen LogP contribution in [0.5, 0.6) is 5.75 Å². The van der Waals surface area contributed by atoms with Crippen LogP contribution in [-0.2, 0) is 9.59 Å². The highest BCUT2D eigenvalue weighted by molar-refractivity contribution is 6.30. The summed E-state index contributed by atoms with van der Waals surface area (Å²) in [5.41, 5.74) is 0. The average molecular weight is 379 g/mol. The highest BCUT2D eigenvalue weighted by atomic mass is 35.5. The minimum absolute atomic E-state index is 0.0636. The molecule has 2 aliphatic rings. The number of carbonyl (C=O) groups is 2. The molecule has 6 heteroatoms. The van der Waals surface area contributed by atoms with Gasteiger partial charge in [0.05, 0.1) is 6.54 Å². The van der Waals surface area contributed by atoms with Crippen LogP contribution in [0.1, 0.15) is 44.9 Å². The molecule has 1 unspecified atom stereocenters. The minimum Gasteiger partial charge on any atom is -0.492 e. The Morgan fingerprint density at radius 3 is 2.54 bits per heavy atom. The van der Waals surface area contributed by atoms with Crippen LogP contribution in [-0.4, -0.2) is 42.5 Å². The molecule has 1 N–H and O–H groups in total. The van der Waals surface area contributed by atoms with E-state index in [9.17, 15) is 9.59 Å². The average Bonchev–Trinajstić information content (AvgIpc) is 3.16. The molecular formula is C20H27ClN2O3. The number of carbonyl (C=O) groups excluding carboxylic acids is 2. The predicted octanol–water partition coefficient (Wildman–Crippen LogP) is 3.41. The largest absolute Gasteiger partial charge is 0.492 e. The normalized spacial score (nSPS) is 20.8. The van der Waals surface area contributed by atoms with Crippen LogP contribution in [0.25, 0.3) is 0 Å². The van der Waals surface area contributed by atoms with Gasteiger partial charge in [0.2, 0.25) is 11.8 Å². The van der Waals surface area contributed by atoms with Crippen molar-refractivity contribution in [2.24, 2.45) is 5.92 Å². The summed E-state index contributed by atoms with van der Waals surface area (Å²) in [7, 11) is 0. The van der Waals surface area contributed by atoms with Crippen LogP contribution in [0.2, 0.25) is 5.02 Å². The number of nitrogens with zero attached hydrogens (tertiary/aromatic N) is 1. The van der Waals surface area contributed by atoms with Gasteiger partial charge in [-0.3, -0.25) is 9.59 Å². The Hall–Kier alpha value is -1.75. The van der Waals surface area contributed by atoms with Crippen molar-refractivity contribution in [3.8, 4) is 5.75 Å². The SMILES string of the molecule is O=C(NCCOc1ccc(Cl)cc1)C1CCCN1C(=O)C1CCCCC1. The van der Waals surface area contributed by atoms with Crippen LogP contribution >= 0.6 is 11.6 Å². The fourth-order valence-electron chi connectivity index (χ4n) is 3.88. The highest BCUT2D eigenvalue weighted by Crippen LogP contribution is 2.28. The van der Waals surface area contributed by atoms with E-state index in [0.29, 0.717) is 24.7 Å². The van der Waals surface area contributed by atoms with Crippen molar-refractivity contribution in [2.45, 2.75) is 51.0 Å².